The zero-order chi connectivity index (χ0) is 42.9. The van der Waals surface area contributed by atoms with Crippen molar-refractivity contribution < 1.29 is 0 Å². The van der Waals surface area contributed by atoms with Crippen molar-refractivity contribution in [2.75, 3.05) is 9.80 Å². The van der Waals surface area contributed by atoms with Crippen molar-refractivity contribution in [3.8, 4) is 0 Å². The number of rotatable bonds is 2. The average Bonchev–Trinajstić information content (AvgIpc) is 3.08. The summed E-state index contributed by atoms with van der Waals surface area (Å²) in [6, 6.07) is 22.4. The Hall–Kier alpha value is -3.72. The molecular formula is C55H75BN2. The fourth-order valence-corrected chi connectivity index (χ4v) is 9.54. The zero-order valence-electron chi connectivity index (χ0n) is 40.0. The Kier molecular flexibility index (Phi) is 9.98. The lowest BCUT2D eigenvalue weighted by Gasteiger charge is -2.50. The van der Waals surface area contributed by atoms with Crippen molar-refractivity contribution in [3.63, 3.8) is 0 Å². The van der Waals surface area contributed by atoms with Crippen LogP contribution in [-0.2, 0) is 21.7 Å². The van der Waals surface area contributed by atoms with Crippen LogP contribution in [-0.4, -0.2) is 6.71 Å². The second kappa shape index (κ2) is 13.7. The summed E-state index contributed by atoms with van der Waals surface area (Å²) in [5.41, 5.74) is 19.8. The monoisotopic (exact) mass is 775 g/mol. The van der Waals surface area contributed by atoms with Crippen LogP contribution in [0, 0.1) is 22.7 Å². The van der Waals surface area contributed by atoms with E-state index in [1.165, 1.54) is 72.8 Å². The number of anilines is 3. The molecule has 2 nitrogen and oxygen atoms in total. The number of hydrogen-bond acceptors (Lipinski definition) is 2. The van der Waals surface area contributed by atoms with Gasteiger partial charge in [-0.1, -0.05) is 180 Å². The molecule has 0 spiro atoms. The van der Waals surface area contributed by atoms with Gasteiger partial charge in [0, 0.05) is 34.2 Å². The normalized spacial score (nSPS) is 20.3. The highest BCUT2D eigenvalue weighted by atomic mass is 15.2. The summed E-state index contributed by atoms with van der Waals surface area (Å²) in [7, 11) is 0. The number of hydrogen-bond donors (Lipinski definition) is 0. The molecule has 0 amide bonds. The molecule has 2 heterocycles. The van der Waals surface area contributed by atoms with E-state index in [4.69, 9.17) is 0 Å². The van der Waals surface area contributed by atoms with E-state index < -0.39 is 0 Å². The Balaban J connectivity index is 1.61. The maximum absolute atomic E-state index is 2.75. The minimum atomic E-state index is 0.00255. The molecule has 2 unspecified atom stereocenters. The van der Waals surface area contributed by atoms with Crippen LogP contribution in [0.1, 0.15) is 167 Å². The van der Waals surface area contributed by atoms with Gasteiger partial charge < -0.3 is 9.80 Å². The van der Waals surface area contributed by atoms with E-state index in [2.05, 4.69) is 214 Å². The quantitative estimate of drug-likeness (QED) is 0.239. The van der Waals surface area contributed by atoms with Gasteiger partial charge in [0.25, 0.3) is 6.71 Å². The Morgan fingerprint density at radius 2 is 1.00 bits per heavy atom. The molecule has 2 aliphatic carbocycles. The minimum absolute atomic E-state index is 0.00255. The average molecular weight is 775 g/mol. The summed E-state index contributed by atoms with van der Waals surface area (Å²) in [6.45, 7) is 45.4. The largest absolute Gasteiger partial charge is 0.315 e. The maximum atomic E-state index is 2.75. The lowest BCUT2D eigenvalue weighted by atomic mass is 9.32. The molecule has 0 aromatic heterocycles. The predicted molar refractivity (Wildman–Crippen MR) is 256 cm³/mol. The first-order valence-corrected chi connectivity index (χ1v) is 22.4. The Morgan fingerprint density at radius 3 is 1.45 bits per heavy atom. The lowest BCUT2D eigenvalue weighted by Crippen LogP contribution is -2.58. The van der Waals surface area contributed by atoms with Crippen molar-refractivity contribution >= 4 is 34.7 Å². The summed E-state index contributed by atoms with van der Waals surface area (Å²) in [5.74, 6) is 0.798. The third-order valence-corrected chi connectivity index (χ3v) is 13.6. The molecule has 3 heteroatoms. The molecule has 0 fully saturated rings. The first kappa shape index (κ1) is 42.4. The van der Waals surface area contributed by atoms with Gasteiger partial charge in [-0.25, -0.2) is 0 Å². The molecular weight excluding hydrogens is 699 g/mol. The van der Waals surface area contributed by atoms with Crippen LogP contribution in [0.5, 0.6) is 0 Å². The molecule has 3 aromatic carbocycles. The molecule has 2 aliphatic heterocycles. The van der Waals surface area contributed by atoms with Gasteiger partial charge in [0.2, 0.25) is 0 Å². The zero-order valence-corrected chi connectivity index (χ0v) is 40.0. The van der Waals surface area contributed by atoms with Crippen molar-refractivity contribution in [2.24, 2.45) is 22.7 Å². The highest BCUT2D eigenvalue weighted by molar-refractivity contribution is 6.94. The van der Waals surface area contributed by atoms with E-state index in [1.54, 1.807) is 5.57 Å². The fraction of sp³-hybridized carbons (Fsp3) is 0.527. The van der Waals surface area contributed by atoms with Crippen LogP contribution in [0.4, 0.5) is 17.1 Å². The Labute approximate surface area is 355 Å². The van der Waals surface area contributed by atoms with Crippen LogP contribution >= 0.6 is 0 Å². The van der Waals surface area contributed by atoms with E-state index in [9.17, 15) is 0 Å². The van der Waals surface area contributed by atoms with Gasteiger partial charge in [-0.3, -0.25) is 0 Å². The molecule has 0 saturated carbocycles. The number of benzene rings is 3. The summed E-state index contributed by atoms with van der Waals surface area (Å²) in [6.07, 6.45) is 9.95. The highest BCUT2D eigenvalue weighted by Crippen LogP contribution is 2.51. The molecule has 0 N–H and O–H groups in total. The molecule has 0 saturated heterocycles. The summed E-state index contributed by atoms with van der Waals surface area (Å²) in [4.78, 5) is 5.44. The van der Waals surface area contributed by atoms with Crippen LogP contribution in [0.2, 0.25) is 0 Å². The first-order chi connectivity index (χ1) is 26.4. The molecule has 4 aliphatic rings. The van der Waals surface area contributed by atoms with Gasteiger partial charge >= 0.3 is 0 Å². The SMILES string of the molecule is CC1C=C2C3=C(C1)N(C1=CC(C(C)(C)C)CC(C(C)(C)C)=C1)c1cc(C(C)(C)C)ccc1B3c1ccc(C(C)(C)C)cc1N2c1cc(C(C)(C)C)cc(C(C)(C)C)c1. The Bertz CT molecular complexity index is 2230. The van der Waals surface area contributed by atoms with E-state index in [-0.39, 0.29) is 39.2 Å². The highest BCUT2D eigenvalue weighted by Gasteiger charge is 2.48. The third-order valence-electron chi connectivity index (χ3n) is 13.6. The molecule has 0 bridgehead atoms. The van der Waals surface area contributed by atoms with Gasteiger partial charge in [0.1, 0.15) is 0 Å². The minimum Gasteiger partial charge on any atom is -0.315 e. The van der Waals surface area contributed by atoms with Crippen LogP contribution in [0.3, 0.4) is 0 Å². The van der Waals surface area contributed by atoms with Crippen LogP contribution < -0.4 is 20.7 Å². The van der Waals surface area contributed by atoms with Gasteiger partial charge in [-0.2, -0.15) is 0 Å². The van der Waals surface area contributed by atoms with Crippen molar-refractivity contribution in [3.05, 3.63) is 123 Å². The standard InChI is InChI=1S/C55H75BN2/c1-34-24-47-49-48(25-34)58(42-30-39(54(14,15)16)27-40(31-42)55(17,18)19)46-33-36(51(5,6)7)21-23-44(46)56(49)43-22-20-35(50(2,3)4)32-45(43)57(47)41-28-37(52(8,9)10)26-38(29-41)53(11,12)13/h20-24,26,28-34,39H,25,27H2,1-19H3. The lowest BCUT2D eigenvalue weighted by molar-refractivity contribution is 0.273. The van der Waals surface area contributed by atoms with E-state index in [1.807, 2.05) is 0 Å². The smallest absolute Gasteiger partial charge is 0.251 e. The van der Waals surface area contributed by atoms with Crippen molar-refractivity contribution in [1.82, 2.24) is 0 Å². The molecule has 2 atom stereocenters. The van der Waals surface area contributed by atoms with Gasteiger partial charge in [0.05, 0.1) is 0 Å². The first-order valence-electron chi connectivity index (χ1n) is 22.4. The van der Waals surface area contributed by atoms with Gasteiger partial charge in [0.15, 0.2) is 0 Å². The summed E-state index contributed by atoms with van der Waals surface area (Å²) < 4.78 is 0. The third kappa shape index (κ3) is 7.63. The Morgan fingerprint density at radius 1 is 0.517 bits per heavy atom. The van der Waals surface area contributed by atoms with Gasteiger partial charge in [-0.15, -0.1) is 0 Å². The number of fused-ring (bicyclic) bond motifs is 4. The van der Waals surface area contributed by atoms with E-state index >= 15 is 0 Å². The second-order valence-corrected chi connectivity index (χ2v) is 24.7. The van der Waals surface area contributed by atoms with Gasteiger partial charge in [-0.05, 0) is 126 Å². The number of allylic oxidation sites excluding steroid dienone is 6. The molecule has 7 rings (SSSR count). The molecule has 308 valence electrons. The van der Waals surface area contributed by atoms with Crippen LogP contribution in [0.15, 0.2) is 101 Å². The van der Waals surface area contributed by atoms with E-state index in [0.717, 1.165) is 12.8 Å². The predicted octanol–water partition coefficient (Wildman–Crippen LogP) is 14.1. The maximum Gasteiger partial charge on any atom is 0.251 e. The summed E-state index contributed by atoms with van der Waals surface area (Å²) >= 11 is 0. The summed E-state index contributed by atoms with van der Waals surface area (Å²) in [5, 5.41) is 0. The second-order valence-electron chi connectivity index (χ2n) is 24.7. The molecule has 3 aromatic rings. The van der Waals surface area contributed by atoms with Crippen LogP contribution in [0.25, 0.3) is 0 Å². The van der Waals surface area contributed by atoms with Crippen molar-refractivity contribution in [1.29, 1.82) is 0 Å². The van der Waals surface area contributed by atoms with E-state index in [0.29, 0.717) is 11.8 Å². The fourth-order valence-electron chi connectivity index (χ4n) is 9.54. The van der Waals surface area contributed by atoms with Crippen molar-refractivity contribution in [2.45, 2.75) is 166 Å². The number of nitrogens with zero attached hydrogens (tertiary/aromatic N) is 2. The topological polar surface area (TPSA) is 6.48 Å². The molecule has 58 heavy (non-hydrogen) atoms. The molecule has 0 radical (unpaired) electrons.